The number of likely N-dealkylation sites (tertiary alicyclic amines) is 2. The van der Waals surface area contributed by atoms with Crippen LogP contribution in [0.2, 0.25) is 4.34 Å². The van der Waals surface area contributed by atoms with Gasteiger partial charge in [-0.3, -0.25) is 9.59 Å². The second kappa shape index (κ2) is 7.28. The molecule has 130 valence electrons. The second-order valence-corrected chi connectivity index (χ2v) is 8.63. The SMILES string of the molecule is C=CC(=O)N1CCCC2(CCN(C(=O)Cc3ccc(Cl)s3)CC2)C1. The maximum atomic E-state index is 12.5. The lowest BCUT2D eigenvalue weighted by Crippen LogP contribution is -2.51. The highest BCUT2D eigenvalue weighted by Crippen LogP contribution is 2.40. The van der Waals surface area contributed by atoms with Crippen molar-refractivity contribution in [1.29, 1.82) is 0 Å². The van der Waals surface area contributed by atoms with Gasteiger partial charge in [0, 0.05) is 31.1 Å². The molecule has 0 N–H and O–H groups in total. The molecule has 2 amide bonds. The number of hydrogen-bond donors (Lipinski definition) is 0. The van der Waals surface area contributed by atoms with E-state index in [4.69, 9.17) is 11.6 Å². The van der Waals surface area contributed by atoms with E-state index in [2.05, 4.69) is 6.58 Å². The summed E-state index contributed by atoms with van der Waals surface area (Å²) in [5, 5.41) is 0. The van der Waals surface area contributed by atoms with Crippen LogP contribution in [-0.2, 0) is 16.0 Å². The molecule has 0 saturated carbocycles. The molecule has 0 aromatic carbocycles. The largest absolute Gasteiger partial charge is 0.342 e. The Labute approximate surface area is 152 Å². The summed E-state index contributed by atoms with van der Waals surface area (Å²) in [4.78, 5) is 29.3. The lowest BCUT2D eigenvalue weighted by atomic mass is 9.72. The Bertz CT molecular complexity index is 635. The standard InChI is InChI=1S/C18H23ClN2O2S/c1-2-16(22)21-9-3-6-18(13-21)7-10-20(11-8-18)17(23)12-14-4-5-15(19)24-14/h2,4-5H,1,3,6-13H2. The van der Waals surface area contributed by atoms with Crippen molar-refractivity contribution < 1.29 is 9.59 Å². The topological polar surface area (TPSA) is 40.6 Å². The van der Waals surface area contributed by atoms with E-state index in [0.29, 0.717) is 6.42 Å². The minimum Gasteiger partial charge on any atom is -0.342 e. The first-order valence-electron chi connectivity index (χ1n) is 8.45. The Balaban J connectivity index is 1.55. The molecule has 2 aliphatic heterocycles. The van der Waals surface area contributed by atoms with E-state index in [1.165, 1.54) is 17.4 Å². The van der Waals surface area contributed by atoms with Gasteiger partial charge in [-0.05, 0) is 49.3 Å². The van der Waals surface area contributed by atoms with Gasteiger partial charge in [-0.2, -0.15) is 0 Å². The van der Waals surface area contributed by atoms with E-state index in [1.54, 1.807) is 0 Å². The monoisotopic (exact) mass is 366 g/mol. The zero-order valence-electron chi connectivity index (χ0n) is 13.8. The molecule has 6 heteroatoms. The maximum Gasteiger partial charge on any atom is 0.245 e. The van der Waals surface area contributed by atoms with Crippen LogP contribution < -0.4 is 0 Å². The average molecular weight is 367 g/mol. The average Bonchev–Trinajstić information content (AvgIpc) is 2.99. The first-order chi connectivity index (χ1) is 11.5. The normalized spacial score (nSPS) is 20.2. The number of nitrogens with zero attached hydrogens (tertiary/aromatic N) is 2. The number of rotatable bonds is 3. The third kappa shape index (κ3) is 3.83. The molecular weight excluding hydrogens is 344 g/mol. The summed E-state index contributed by atoms with van der Waals surface area (Å²) < 4.78 is 0.726. The van der Waals surface area contributed by atoms with Crippen LogP contribution in [0.15, 0.2) is 24.8 Å². The predicted octanol–water partition coefficient (Wildman–Crippen LogP) is 3.36. The highest BCUT2D eigenvalue weighted by Gasteiger charge is 2.40. The van der Waals surface area contributed by atoms with E-state index in [-0.39, 0.29) is 17.2 Å². The molecule has 0 aliphatic carbocycles. The molecule has 1 spiro atoms. The van der Waals surface area contributed by atoms with Crippen molar-refractivity contribution in [1.82, 2.24) is 9.80 Å². The number of carbonyl (C=O) groups is 2. The summed E-state index contributed by atoms with van der Waals surface area (Å²) in [5.74, 6) is 0.209. The van der Waals surface area contributed by atoms with E-state index < -0.39 is 0 Å². The van der Waals surface area contributed by atoms with E-state index in [0.717, 1.165) is 61.1 Å². The third-order valence-electron chi connectivity index (χ3n) is 5.28. The first-order valence-corrected chi connectivity index (χ1v) is 9.64. The number of halogens is 1. The molecule has 1 aromatic heterocycles. The molecule has 0 bridgehead atoms. The highest BCUT2D eigenvalue weighted by atomic mass is 35.5. The Morgan fingerprint density at radius 1 is 1.21 bits per heavy atom. The summed E-state index contributed by atoms with van der Waals surface area (Å²) in [6.45, 7) is 6.80. The van der Waals surface area contributed by atoms with Crippen LogP contribution in [0.4, 0.5) is 0 Å². The van der Waals surface area contributed by atoms with Gasteiger partial charge in [0.05, 0.1) is 10.8 Å². The van der Waals surface area contributed by atoms with Crippen LogP contribution in [0.1, 0.15) is 30.6 Å². The van der Waals surface area contributed by atoms with Crippen LogP contribution in [0, 0.1) is 5.41 Å². The summed E-state index contributed by atoms with van der Waals surface area (Å²) >= 11 is 7.40. The maximum absolute atomic E-state index is 12.5. The summed E-state index contributed by atoms with van der Waals surface area (Å²) in [6.07, 6.45) is 5.99. The van der Waals surface area contributed by atoms with Gasteiger partial charge < -0.3 is 9.80 Å². The van der Waals surface area contributed by atoms with Gasteiger partial charge in [0.15, 0.2) is 0 Å². The van der Waals surface area contributed by atoms with Crippen LogP contribution in [0.5, 0.6) is 0 Å². The molecule has 0 radical (unpaired) electrons. The molecule has 3 rings (SSSR count). The van der Waals surface area contributed by atoms with E-state index in [1.807, 2.05) is 21.9 Å². The molecule has 2 fully saturated rings. The molecule has 4 nitrogen and oxygen atoms in total. The van der Waals surface area contributed by atoms with E-state index in [9.17, 15) is 9.59 Å². The lowest BCUT2D eigenvalue weighted by molar-refractivity contribution is -0.136. The summed E-state index contributed by atoms with van der Waals surface area (Å²) in [5.41, 5.74) is 0.180. The van der Waals surface area contributed by atoms with Gasteiger partial charge in [0.25, 0.3) is 0 Å². The van der Waals surface area contributed by atoms with E-state index >= 15 is 0 Å². The van der Waals surface area contributed by atoms with Gasteiger partial charge in [-0.25, -0.2) is 0 Å². The van der Waals surface area contributed by atoms with Gasteiger partial charge in [0.1, 0.15) is 0 Å². The Morgan fingerprint density at radius 2 is 1.96 bits per heavy atom. The zero-order valence-corrected chi connectivity index (χ0v) is 15.4. The van der Waals surface area contributed by atoms with Gasteiger partial charge in [-0.15, -0.1) is 11.3 Å². The van der Waals surface area contributed by atoms with Gasteiger partial charge in [0.2, 0.25) is 11.8 Å². The fourth-order valence-electron chi connectivity index (χ4n) is 3.87. The van der Waals surface area contributed by atoms with Crippen LogP contribution in [0.3, 0.4) is 0 Å². The molecular formula is C18H23ClN2O2S. The molecule has 2 saturated heterocycles. The number of hydrogen-bond acceptors (Lipinski definition) is 3. The highest BCUT2D eigenvalue weighted by molar-refractivity contribution is 7.16. The fraction of sp³-hybridized carbons (Fsp3) is 0.556. The van der Waals surface area contributed by atoms with Crippen molar-refractivity contribution >= 4 is 34.8 Å². The van der Waals surface area contributed by atoms with Crippen molar-refractivity contribution in [3.63, 3.8) is 0 Å². The summed E-state index contributed by atoms with van der Waals surface area (Å²) in [7, 11) is 0. The Kier molecular flexibility index (Phi) is 5.30. The number of amides is 2. The van der Waals surface area contributed by atoms with Crippen molar-refractivity contribution in [3.05, 3.63) is 34.0 Å². The van der Waals surface area contributed by atoms with Crippen molar-refractivity contribution in [3.8, 4) is 0 Å². The van der Waals surface area contributed by atoms with Gasteiger partial charge >= 0.3 is 0 Å². The predicted molar refractivity (Wildman–Crippen MR) is 97.3 cm³/mol. The number of piperidine rings is 2. The first kappa shape index (κ1) is 17.5. The van der Waals surface area contributed by atoms with Crippen molar-refractivity contribution in [2.75, 3.05) is 26.2 Å². The molecule has 24 heavy (non-hydrogen) atoms. The minimum absolute atomic E-state index is 0.0298. The number of thiophene rings is 1. The smallest absolute Gasteiger partial charge is 0.245 e. The Hall–Kier alpha value is -1.33. The van der Waals surface area contributed by atoms with Crippen LogP contribution in [0.25, 0.3) is 0 Å². The third-order valence-corrected chi connectivity index (χ3v) is 6.51. The Morgan fingerprint density at radius 3 is 2.58 bits per heavy atom. The molecule has 2 aliphatic rings. The lowest BCUT2D eigenvalue weighted by Gasteiger charge is -2.47. The van der Waals surface area contributed by atoms with Crippen molar-refractivity contribution in [2.24, 2.45) is 5.41 Å². The van der Waals surface area contributed by atoms with Gasteiger partial charge in [-0.1, -0.05) is 18.2 Å². The zero-order chi connectivity index (χ0) is 17.2. The molecule has 0 unspecified atom stereocenters. The van der Waals surface area contributed by atoms with Crippen LogP contribution in [-0.4, -0.2) is 47.8 Å². The number of carbonyl (C=O) groups excluding carboxylic acids is 2. The quantitative estimate of drug-likeness (QED) is 0.769. The van der Waals surface area contributed by atoms with Crippen LogP contribution >= 0.6 is 22.9 Å². The minimum atomic E-state index is 0.0298. The molecule has 0 atom stereocenters. The molecule has 1 aromatic rings. The van der Waals surface area contributed by atoms with Crippen molar-refractivity contribution in [2.45, 2.75) is 32.1 Å². The second-order valence-electron chi connectivity index (χ2n) is 6.83. The fourth-order valence-corrected chi connectivity index (χ4v) is 4.95. The summed E-state index contributed by atoms with van der Waals surface area (Å²) in [6, 6.07) is 3.77. The molecule has 3 heterocycles.